The lowest BCUT2D eigenvalue weighted by atomic mass is 10.0. The number of nitrogens with one attached hydrogen (secondary N) is 2. The summed E-state index contributed by atoms with van der Waals surface area (Å²) in [5, 5.41) is 4.08. The van der Waals surface area contributed by atoms with Crippen molar-refractivity contribution >= 4 is 10.8 Å². The van der Waals surface area contributed by atoms with Crippen molar-refractivity contribution in [3.05, 3.63) is 46.1 Å². The fraction of sp³-hybridized carbons (Fsp3) is 0.308. The predicted molar refractivity (Wildman–Crippen MR) is 64.8 cm³/mol. The van der Waals surface area contributed by atoms with Gasteiger partial charge in [-0.15, -0.1) is 0 Å². The van der Waals surface area contributed by atoms with Crippen LogP contribution in [-0.4, -0.2) is 18.1 Å². The number of halogens is 1. The van der Waals surface area contributed by atoms with Crippen LogP contribution in [0.25, 0.3) is 10.8 Å². The Morgan fingerprint density at radius 3 is 3.00 bits per heavy atom. The molecule has 1 atom stereocenters. The summed E-state index contributed by atoms with van der Waals surface area (Å²) in [7, 11) is 0. The van der Waals surface area contributed by atoms with Crippen LogP contribution in [0.15, 0.2) is 29.1 Å². The van der Waals surface area contributed by atoms with E-state index in [1.165, 1.54) is 6.07 Å². The van der Waals surface area contributed by atoms with Crippen LogP contribution >= 0.6 is 0 Å². The van der Waals surface area contributed by atoms with Crippen molar-refractivity contribution in [3.8, 4) is 0 Å². The Labute approximate surface area is 97.7 Å². The summed E-state index contributed by atoms with van der Waals surface area (Å²) in [5.74, 6) is -0.129. The smallest absolute Gasteiger partial charge is 0.259 e. The molecule has 1 saturated heterocycles. The molecule has 0 saturated carbocycles. The first-order valence-electron chi connectivity index (χ1n) is 5.78. The number of pyridine rings is 1. The molecule has 1 aliphatic heterocycles. The molecule has 88 valence electrons. The third kappa shape index (κ3) is 1.74. The Morgan fingerprint density at radius 2 is 2.24 bits per heavy atom. The zero-order valence-electron chi connectivity index (χ0n) is 9.29. The van der Waals surface area contributed by atoms with Gasteiger partial charge in [0.05, 0.1) is 5.39 Å². The number of aromatic amines is 1. The van der Waals surface area contributed by atoms with Crippen molar-refractivity contribution in [2.75, 3.05) is 13.1 Å². The predicted octanol–water partition coefficient (Wildman–Crippen LogP) is 1.74. The molecule has 3 nitrogen and oxygen atoms in total. The summed E-state index contributed by atoms with van der Waals surface area (Å²) < 4.78 is 13.5. The Bertz CT molecular complexity index is 614. The summed E-state index contributed by atoms with van der Waals surface area (Å²) in [6, 6.07) is 6.61. The maximum absolute atomic E-state index is 13.5. The molecule has 0 aliphatic carbocycles. The molecule has 1 fully saturated rings. The van der Waals surface area contributed by atoms with Crippen molar-refractivity contribution < 1.29 is 4.39 Å². The molecular weight excluding hydrogens is 219 g/mol. The molecule has 1 aromatic heterocycles. The van der Waals surface area contributed by atoms with E-state index < -0.39 is 5.82 Å². The number of benzene rings is 1. The summed E-state index contributed by atoms with van der Waals surface area (Å²) >= 11 is 0. The molecule has 2 aromatic rings. The minimum Gasteiger partial charge on any atom is -0.325 e. The van der Waals surface area contributed by atoms with Gasteiger partial charge in [0, 0.05) is 18.2 Å². The number of fused-ring (bicyclic) bond motifs is 1. The van der Waals surface area contributed by atoms with Gasteiger partial charge >= 0.3 is 0 Å². The van der Waals surface area contributed by atoms with Crippen molar-refractivity contribution in [2.24, 2.45) is 0 Å². The molecule has 1 aliphatic rings. The molecule has 17 heavy (non-hydrogen) atoms. The van der Waals surface area contributed by atoms with E-state index in [1.807, 2.05) is 6.07 Å². The van der Waals surface area contributed by atoms with Gasteiger partial charge in [0.1, 0.15) is 5.82 Å². The van der Waals surface area contributed by atoms with Gasteiger partial charge in [-0.3, -0.25) is 4.79 Å². The van der Waals surface area contributed by atoms with E-state index in [1.54, 1.807) is 12.1 Å². The Morgan fingerprint density at radius 1 is 1.35 bits per heavy atom. The summed E-state index contributed by atoms with van der Waals surface area (Å²) in [5.41, 5.74) is 0.570. The molecule has 1 unspecified atom stereocenters. The van der Waals surface area contributed by atoms with Gasteiger partial charge in [-0.05, 0) is 30.5 Å². The normalized spacial score (nSPS) is 19.9. The highest BCUT2D eigenvalue weighted by atomic mass is 19.1. The first-order valence-corrected chi connectivity index (χ1v) is 5.78. The number of aromatic nitrogens is 1. The number of hydrogen-bond acceptors (Lipinski definition) is 2. The molecule has 3 rings (SSSR count). The number of hydrogen-bond donors (Lipinski definition) is 2. The lowest BCUT2D eigenvalue weighted by molar-refractivity contribution is 0.638. The lowest BCUT2D eigenvalue weighted by Gasteiger charge is -2.09. The second-order valence-corrected chi connectivity index (χ2v) is 4.45. The standard InChI is InChI=1S/C13H13FN2O/c14-10-3-1-2-8-6-11(9-4-5-15-7-9)16-13(17)12(8)10/h1-3,6,9,15H,4-5,7H2,(H,16,17). The van der Waals surface area contributed by atoms with E-state index in [0.717, 1.165) is 25.2 Å². The third-order valence-corrected chi connectivity index (χ3v) is 3.34. The van der Waals surface area contributed by atoms with Gasteiger partial charge in [-0.25, -0.2) is 4.39 Å². The summed E-state index contributed by atoms with van der Waals surface area (Å²) in [6.07, 6.45) is 1.01. The maximum atomic E-state index is 13.5. The second-order valence-electron chi connectivity index (χ2n) is 4.45. The Hall–Kier alpha value is -1.68. The molecule has 1 aromatic carbocycles. The Kier molecular flexibility index (Phi) is 2.44. The Balaban J connectivity index is 2.20. The topological polar surface area (TPSA) is 44.9 Å². The van der Waals surface area contributed by atoms with E-state index in [9.17, 15) is 9.18 Å². The average Bonchev–Trinajstić information content (AvgIpc) is 2.81. The highest BCUT2D eigenvalue weighted by Crippen LogP contribution is 2.22. The SMILES string of the molecule is O=c1[nH]c(C2CCNC2)cc2cccc(F)c12. The second kappa shape index (κ2) is 3.96. The molecular formula is C13H13FN2O. The largest absolute Gasteiger partial charge is 0.325 e. The average molecular weight is 232 g/mol. The van der Waals surface area contributed by atoms with E-state index in [-0.39, 0.29) is 10.9 Å². The van der Waals surface area contributed by atoms with Crippen LogP contribution in [0.2, 0.25) is 0 Å². The minimum absolute atomic E-state index is 0.155. The maximum Gasteiger partial charge on any atom is 0.259 e. The first-order chi connectivity index (χ1) is 8.25. The molecule has 0 spiro atoms. The number of H-pyrrole nitrogens is 1. The van der Waals surface area contributed by atoms with E-state index >= 15 is 0 Å². The van der Waals surface area contributed by atoms with Crippen molar-refractivity contribution in [3.63, 3.8) is 0 Å². The van der Waals surface area contributed by atoms with Crippen LogP contribution in [0.4, 0.5) is 4.39 Å². The van der Waals surface area contributed by atoms with Gasteiger partial charge in [0.15, 0.2) is 0 Å². The molecule has 2 heterocycles. The van der Waals surface area contributed by atoms with Gasteiger partial charge in [-0.1, -0.05) is 12.1 Å². The molecule has 0 amide bonds. The number of rotatable bonds is 1. The summed E-state index contributed by atoms with van der Waals surface area (Å²) in [6.45, 7) is 1.84. The van der Waals surface area contributed by atoms with Crippen LogP contribution in [0, 0.1) is 5.82 Å². The molecule has 4 heteroatoms. The van der Waals surface area contributed by atoms with Crippen molar-refractivity contribution in [1.82, 2.24) is 10.3 Å². The minimum atomic E-state index is -0.458. The lowest BCUT2D eigenvalue weighted by Crippen LogP contribution is -2.15. The van der Waals surface area contributed by atoms with Crippen LogP contribution in [0.1, 0.15) is 18.0 Å². The van der Waals surface area contributed by atoms with Crippen molar-refractivity contribution in [1.29, 1.82) is 0 Å². The third-order valence-electron chi connectivity index (χ3n) is 3.34. The van der Waals surface area contributed by atoms with E-state index in [2.05, 4.69) is 10.3 Å². The van der Waals surface area contributed by atoms with Crippen LogP contribution in [0.3, 0.4) is 0 Å². The van der Waals surface area contributed by atoms with Gasteiger partial charge in [-0.2, -0.15) is 0 Å². The molecule has 0 radical (unpaired) electrons. The van der Waals surface area contributed by atoms with Crippen molar-refractivity contribution in [2.45, 2.75) is 12.3 Å². The molecule has 2 N–H and O–H groups in total. The first kappa shape index (κ1) is 10.5. The highest BCUT2D eigenvalue weighted by Gasteiger charge is 2.18. The van der Waals surface area contributed by atoms with Crippen LogP contribution < -0.4 is 10.9 Å². The quantitative estimate of drug-likeness (QED) is 0.786. The van der Waals surface area contributed by atoms with E-state index in [0.29, 0.717) is 11.3 Å². The van der Waals surface area contributed by atoms with Crippen LogP contribution in [-0.2, 0) is 0 Å². The zero-order valence-corrected chi connectivity index (χ0v) is 9.29. The monoisotopic (exact) mass is 232 g/mol. The van der Waals surface area contributed by atoms with Gasteiger partial charge in [0.25, 0.3) is 5.56 Å². The van der Waals surface area contributed by atoms with Gasteiger partial charge < -0.3 is 10.3 Å². The van der Waals surface area contributed by atoms with Crippen LogP contribution in [0.5, 0.6) is 0 Å². The summed E-state index contributed by atoms with van der Waals surface area (Å²) in [4.78, 5) is 14.7. The molecule has 0 bridgehead atoms. The zero-order chi connectivity index (χ0) is 11.8. The van der Waals surface area contributed by atoms with E-state index in [4.69, 9.17) is 0 Å². The fourth-order valence-corrected chi connectivity index (χ4v) is 2.44. The van der Waals surface area contributed by atoms with Gasteiger partial charge in [0.2, 0.25) is 0 Å². The highest BCUT2D eigenvalue weighted by molar-refractivity contribution is 5.82. The fourth-order valence-electron chi connectivity index (χ4n) is 2.44.